The molecule has 170 valence electrons. The smallest absolute Gasteiger partial charge is 0.450 e. The number of hydrogen-bond acceptors (Lipinski definition) is 4. The molecule has 0 heterocycles. The lowest BCUT2D eigenvalue weighted by Gasteiger charge is -2.22. The van der Waals surface area contributed by atoms with Crippen LogP contribution in [0.5, 0.6) is 0 Å². The fourth-order valence-corrected chi connectivity index (χ4v) is 0.262. The Kier molecular flexibility index (Phi) is 16.7. The molecule has 0 saturated heterocycles. The van der Waals surface area contributed by atoms with E-state index in [1.807, 2.05) is 41.5 Å². The molecule has 0 aromatic carbocycles. The van der Waals surface area contributed by atoms with Gasteiger partial charge in [0, 0.05) is 10.8 Å². The van der Waals surface area contributed by atoms with Gasteiger partial charge in [-0.25, -0.2) is 4.79 Å². The number of carbonyl (C=O) groups excluding carboxylic acids is 2. The number of ether oxygens (including phenoxy) is 1. The van der Waals surface area contributed by atoms with E-state index in [0.29, 0.717) is 5.41 Å². The van der Waals surface area contributed by atoms with Crippen molar-refractivity contribution in [3.05, 3.63) is 0 Å². The predicted molar refractivity (Wildman–Crippen MR) is 119 cm³/mol. The second kappa shape index (κ2) is 13.7. The molecule has 0 amide bonds. The Morgan fingerprint density at radius 2 is 1.04 bits per heavy atom. The average molecular weight is 405 g/mol. The minimum Gasteiger partial charge on any atom is -0.450 e. The number of aldehydes is 1. The highest BCUT2D eigenvalue weighted by Gasteiger charge is 2.15. The summed E-state index contributed by atoms with van der Waals surface area (Å²) >= 11 is 0. The van der Waals surface area contributed by atoms with Crippen molar-refractivity contribution in [2.75, 3.05) is 0 Å². The van der Waals surface area contributed by atoms with Crippen LogP contribution in [0.25, 0.3) is 0 Å². The van der Waals surface area contributed by atoms with Crippen LogP contribution < -0.4 is 0 Å². The molecule has 0 saturated carbocycles. The highest BCUT2D eigenvalue weighted by Crippen LogP contribution is 2.23. The van der Waals surface area contributed by atoms with E-state index in [2.05, 4.69) is 39.4 Å². The SMILES string of the molecule is CC(=O)C(C)(C)C.CC(C)(C)C=O.CC(C)(C)OC(=O)O.CC(C)C(C)(C)C. The van der Waals surface area contributed by atoms with Gasteiger partial charge in [-0.05, 0) is 39.0 Å². The molecule has 0 bridgehead atoms. The van der Waals surface area contributed by atoms with Gasteiger partial charge in [0.25, 0.3) is 0 Å². The van der Waals surface area contributed by atoms with Crippen LogP contribution in [0, 0.1) is 22.2 Å². The van der Waals surface area contributed by atoms with E-state index >= 15 is 0 Å². The van der Waals surface area contributed by atoms with Gasteiger partial charge >= 0.3 is 6.16 Å². The Hall–Kier alpha value is -1.39. The summed E-state index contributed by atoms with van der Waals surface area (Å²) in [4.78, 5) is 30.1. The third-order valence-corrected chi connectivity index (χ3v) is 3.54. The first kappa shape index (κ1) is 34.1. The Bertz CT molecular complexity index is 436. The van der Waals surface area contributed by atoms with Crippen LogP contribution in [0.15, 0.2) is 0 Å². The van der Waals surface area contributed by atoms with Gasteiger partial charge in [0.05, 0.1) is 0 Å². The number of rotatable bonds is 0. The molecular weight excluding hydrogens is 356 g/mol. The summed E-state index contributed by atoms with van der Waals surface area (Å²) in [5, 5.41) is 8.03. The first-order valence-electron chi connectivity index (χ1n) is 9.76. The molecule has 0 aliphatic heterocycles. The normalized spacial score (nSPS) is 11.6. The zero-order valence-electron chi connectivity index (χ0n) is 21.2. The number of carbonyl (C=O) groups is 3. The van der Waals surface area contributed by atoms with Crippen LogP contribution >= 0.6 is 0 Å². The summed E-state index contributed by atoms with van der Waals surface area (Å²) in [6, 6.07) is 0. The molecule has 0 aromatic rings. The highest BCUT2D eigenvalue weighted by atomic mass is 16.7. The average Bonchev–Trinajstić information content (AvgIpc) is 2.34. The summed E-state index contributed by atoms with van der Waals surface area (Å²) in [7, 11) is 0. The van der Waals surface area contributed by atoms with Gasteiger partial charge in [-0.15, -0.1) is 0 Å². The molecule has 5 heteroatoms. The molecular formula is C23H48O5. The van der Waals surface area contributed by atoms with Gasteiger partial charge in [-0.3, -0.25) is 4.79 Å². The van der Waals surface area contributed by atoms with E-state index in [9.17, 15) is 14.4 Å². The lowest BCUT2D eigenvalue weighted by atomic mass is 9.84. The fraction of sp³-hybridized carbons (Fsp3) is 0.870. The molecule has 0 unspecified atom stereocenters. The monoisotopic (exact) mass is 404 g/mol. The van der Waals surface area contributed by atoms with Crippen LogP contribution in [0.1, 0.15) is 104 Å². The Labute approximate surface area is 174 Å². The van der Waals surface area contributed by atoms with Gasteiger partial charge in [-0.1, -0.05) is 76.2 Å². The maximum atomic E-state index is 10.5. The van der Waals surface area contributed by atoms with Crippen molar-refractivity contribution < 1.29 is 24.2 Å². The van der Waals surface area contributed by atoms with E-state index in [1.165, 1.54) is 0 Å². The van der Waals surface area contributed by atoms with Crippen LogP contribution in [0.4, 0.5) is 4.79 Å². The van der Waals surface area contributed by atoms with E-state index in [4.69, 9.17) is 5.11 Å². The van der Waals surface area contributed by atoms with Gasteiger partial charge in [0.1, 0.15) is 17.7 Å². The summed E-state index contributed by atoms with van der Waals surface area (Å²) in [6.07, 6.45) is -0.287. The molecule has 1 N–H and O–H groups in total. The molecule has 0 aromatic heterocycles. The lowest BCUT2D eigenvalue weighted by Crippen LogP contribution is -2.22. The standard InChI is InChI=1S/C7H16.C6H12O.C5H10O3.C5H10O/c1-6(2)7(3,4)5;1-5(7)6(2,3)4;1-5(2,3)8-4(6)7;1-5(2,3)4-6/h6H,1-5H3;1-4H3;1-3H3,(H,6,7);4H,1-3H3. The number of Topliss-reactive ketones (excluding diaryl/α,β-unsaturated/α-hetero) is 1. The van der Waals surface area contributed by atoms with Crippen LogP contribution in [-0.4, -0.2) is 28.9 Å². The lowest BCUT2D eigenvalue weighted by molar-refractivity contribution is -0.124. The van der Waals surface area contributed by atoms with Gasteiger partial charge in [-0.2, -0.15) is 0 Å². The third kappa shape index (κ3) is 39.6. The number of hydrogen-bond donors (Lipinski definition) is 1. The molecule has 0 aliphatic carbocycles. The first-order valence-corrected chi connectivity index (χ1v) is 9.76. The van der Waals surface area contributed by atoms with Crippen molar-refractivity contribution in [1.82, 2.24) is 0 Å². The minimum atomic E-state index is -1.22. The molecule has 0 spiro atoms. The van der Waals surface area contributed by atoms with E-state index in [-0.39, 0.29) is 16.6 Å². The van der Waals surface area contributed by atoms with Crippen LogP contribution in [0.3, 0.4) is 0 Å². The largest absolute Gasteiger partial charge is 0.506 e. The second-order valence-corrected chi connectivity index (χ2v) is 11.3. The maximum absolute atomic E-state index is 10.5. The molecule has 0 atom stereocenters. The van der Waals surface area contributed by atoms with Crippen molar-refractivity contribution in [3.8, 4) is 0 Å². The second-order valence-electron chi connectivity index (χ2n) is 11.3. The number of ketones is 1. The maximum Gasteiger partial charge on any atom is 0.506 e. The summed E-state index contributed by atoms with van der Waals surface area (Å²) in [6.45, 7) is 29.3. The quantitative estimate of drug-likeness (QED) is 0.346. The summed E-state index contributed by atoms with van der Waals surface area (Å²) < 4.78 is 4.35. The Balaban J connectivity index is -0.000000138. The molecule has 0 fully saturated rings. The zero-order chi connectivity index (χ0) is 24.1. The van der Waals surface area contributed by atoms with Crippen molar-refractivity contribution in [1.29, 1.82) is 0 Å². The van der Waals surface area contributed by atoms with Crippen molar-refractivity contribution >= 4 is 18.2 Å². The van der Waals surface area contributed by atoms with Crippen LogP contribution in [-0.2, 0) is 14.3 Å². The van der Waals surface area contributed by atoms with E-state index in [1.54, 1.807) is 27.7 Å². The summed E-state index contributed by atoms with van der Waals surface area (Å²) in [5.41, 5.74) is -0.355. The van der Waals surface area contributed by atoms with Crippen molar-refractivity contribution in [2.24, 2.45) is 22.2 Å². The fourth-order valence-electron chi connectivity index (χ4n) is 0.262. The first-order chi connectivity index (χ1) is 11.9. The third-order valence-electron chi connectivity index (χ3n) is 3.54. The molecule has 5 nitrogen and oxygen atoms in total. The highest BCUT2D eigenvalue weighted by molar-refractivity contribution is 5.80. The Morgan fingerprint density at radius 3 is 1.04 bits per heavy atom. The van der Waals surface area contributed by atoms with Gasteiger partial charge < -0.3 is 14.6 Å². The van der Waals surface area contributed by atoms with E-state index in [0.717, 1.165) is 12.2 Å². The van der Waals surface area contributed by atoms with E-state index < -0.39 is 11.8 Å². The molecule has 0 rings (SSSR count). The predicted octanol–water partition coefficient (Wildman–Crippen LogP) is 7.02. The molecule has 28 heavy (non-hydrogen) atoms. The zero-order valence-corrected chi connectivity index (χ0v) is 21.2. The minimum absolute atomic E-state index is 0.139. The van der Waals surface area contributed by atoms with Crippen molar-refractivity contribution in [3.63, 3.8) is 0 Å². The van der Waals surface area contributed by atoms with Gasteiger partial charge in [0.15, 0.2) is 0 Å². The molecule has 0 radical (unpaired) electrons. The molecule has 0 aliphatic rings. The number of carboxylic acid groups (broad SMARTS) is 1. The van der Waals surface area contributed by atoms with Crippen molar-refractivity contribution in [2.45, 2.75) is 109 Å². The summed E-state index contributed by atoms with van der Waals surface area (Å²) in [5.74, 6) is 1.04. The van der Waals surface area contributed by atoms with Crippen LogP contribution in [0.2, 0.25) is 0 Å². The topological polar surface area (TPSA) is 80.7 Å². The Morgan fingerprint density at radius 1 is 0.821 bits per heavy atom. The van der Waals surface area contributed by atoms with Gasteiger partial charge in [0.2, 0.25) is 0 Å².